The Morgan fingerprint density at radius 1 is 1.36 bits per heavy atom. The van der Waals surface area contributed by atoms with Crippen molar-refractivity contribution in [3.8, 4) is 0 Å². The molecule has 0 unspecified atom stereocenters. The number of hydrogen-bond acceptors (Lipinski definition) is 4. The third kappa shape index (κ3) is 3.89. The molecule has 0 radical (unpaired) electrons. The zero-order chi connectivity index (χ0) is 18.4. The first kappa shape index (κ1) is 18.8. The lowest BCUT2D eigenvalue weighted by atomic mass is 9.73. The Morgan fingerprint density at radius 3 is 2.68 bits per heavy atom. The van der Waals surface area contributed by atoms with Crippen LogP contribution in [0.25, 0.3) is 10.9 Å². The van der Waals surface area contributed by atoms with Gasteiger partial charge in [0.2, 0.25) is 0 Å². The normalized spacial score (nSPS) is 26.0. The van der Waals surface area contributed by atoms with Gasteiger partial charge in [-0.2, -0.15) is 21.0 Å². The van der Waals surface area contributed by atoms with Gasteiger partial charge in [0.25, 0.3) is 10.1 Å². The molecule has 1 aromatic heterocycles. The van der Waals surface area contributed by atoms with Gasteiger partial charge in [-0.3, -0.25) is 4.55 Å². The molecule has 2 aromatic rings. The summed E-state index contributed by atoms with van der Waals surface area (Å²) in [6.07, 6.45) is 5.57. The molecule has 4 rings (SSSR count). The van der Waals surface area contributed by atoms with Gasteiger partial charge in [-0.05, 0) is 43.0 Å². The van der Waals surface area contributed by atoms with Gasteiger partial charge in [-0.25, -0.2) is 0 Å². The van der Waals surface area contributed by atoms with E-state index in [9.17, 15) is 8.42 Å². The fraction of sp³-hybridized carbons (Fsp3) is 0.556. The van der Waals surface area contributed by atoms with E-state index in [1.807, 2.05) is 0 Å². The second-order valence-corrected chi connectivity index (χ2v) is 9.15. The van der Waals surface area contributed by atoms with Crippen LogP contribution in [0.3, 0.4) is 0 Å². The van der Waals surface area contributed by atoms with E-state index < -0.39 is 10.1 Å². The van der Waals surface area contributed by atoms with Crippen LogP contribution in [-0.4, -0.2) is 48.3 Å². The third-order valence-corrected chi connectivity index (χ3v) is 5.59. The van der Waals surface area contributed by atoms with Crippen molar-refractivity contribution >= 4 is 33.6 Å². The van der Waals surface area contributed by atoms with Crippen LogP contribution in [0.4, 0.5) is 0 Å². The van der Waals surface area contributed by atoms with Gasteiger partial charge >= 0.3 is 0 Å². The van der Waals surface area contributed by atoms with Crippen LogP contribution in [0.5, 0.6) is 0 Å². The summed E-state index contributed by atoms with van der Waals surface area (Å²) in [4.78, 5) is 2.58. The van der Waals surface area contributed by atoms with Crippen LogP contribution in [0.2, 0.25) is 0 Å². The predicted molar refractivity (Wildman–Crippen MR) is 105 cm³/mol. The second kappa shape index (κ2) is 6.95. The highest BCUT2D eigenvalue weighted by atomic mass is 32.2. The molecular weight excluding hydrogens is 356 g/mol. The first-order chi connectivity index (χ1) is 11.7. The van der Waals surface area contributed by atoms with Crippen molar-refractivity contribution in [1.82, 2.24) is 9.47 Å². The number of thiol groups is 1. The molecule has 1 N–H and O–H groups in total. The lowest BCUT2D eigenvalue weighted by Gasteiger charge is -2.44. The van der Waals surface area contributed by atoms with E-state index >= 15 is 0 Å². The van der Waals surface area contributed by atoms with Gasteiger partial charge in [-0.15, -0.1) is 0 Å². The van der Waals surface area contributed by atoms with E-state index in [4.69, 9.17) is 4.55 Å². The van der Waals surface area contributed by atoms with Crippen molar-refractivity contribution in [3.05, 3.63) is 35.5 Å². The lowest BCUT2D eigenvalue weighted by molar-refractivity contribution is 0.119. The van der Waals surface area contributed by atoms with E-state index in [1.54, 1.807) is 5.56 Å². The van der Waals surface area contributed by atoms with Crippen molar-refractivity contribution in [2.24, 2.45) is 5.92 Å². The minimum absolute atomic E-state index is 0.681. The zero-order valence-corrected chi connectivity index (χ0v) is 16.6. The lowest BCUT2D eigenvalue weighted by Crippen LogP contribution is -2.47. The van der Waals surface area contributed by atoms with Crippen LogP contribution in [-0.2, 0) is 22.4 Å². The summed E-state index contributed by atoms with van der Waals surface area (Å²) in [7, 11) is -1.37. The first-order valence-corrected chi connectivity index (χ1v) is 11.0. The summed E-state index contributed by atoms with van der Waals surface area (Å²) in [5.74, 6) is 2.27. The minimum Gasteiger partial charge on any atom is -0.338 e. The summed E-state index contributed by atoms with van der Waals surface area (Å²) < 4.78 is 28.2. The molecule has 3 atom stereocenters. The van der Waals surface area contributed by atoms with Crippen LogP contribution in [0.15, 0.2) is 24.4 Å². The number of hydrogen-bond donors (Lipinski definition) is 2. The molecule has 1 saturated heterocycles. The first-order valence-electron chi connectivity index (χ1n) is 8.53. The zero-order valence-electron chi connectivity index (χ0n) is 14.9. The van der Waals surface area contributed by atoms with Crippen molar-refractivity contribution in [2.75, 3.05) is 19.8 Å². The monoisotopic (exact) mass is 382 g/mol. The van der Waals surface area contributed by atoms with Gasteiger partial charge < -0.3 is 9.47 Å². The molecule has 138 valence electrons. The third-order valence-electron chi connectivity index (χ3n) is 5.28. The molecule has 1 aliphatic carbocycles. The number of aromatic nitrogens is 1. The van der Waals surface area contributed by atoms with E-state index in [-0.39, 0.29) is 0 Å². The Labute approximate surface area is 155 Å². The topological polar surface area (TPSA) is 62.5 Å². The summed E-state index contributed by atoms with van der Waals surface area (Å²) in [5.41, 5.74) is 4.46. The molecule has 2 aliphatic rings. The summed E-state index contributed by atoms with van der Waals surface area (Å²) in [6.45, 7) is 3.63. The SMILES string of the molecule is CS(=O)(=O)O.C[C@@H]1C[C@@H]2c3cccc4c3c(cn4CS)C[C@H]2N(C)C1. The molecule has 2 heterocycles. The van der Waals surface area contributed by atoms with Crippen LogP contribution >= 0.6 is 12.6 Å². The Hall–Kier alpha value is -1.02. The highest BCUT2D eigenvalue weighted by Gasteiger charge is 2.38. The number of likely N-dealkylation sites (tertiary alicyclic amines) is 1. The number of benzene rings is 1. The van der Waals surface area contributed by atoms with Crippen molar-refractivity contribution in [3.63, 3.8) is 0 Å². The molecule has 7 heteroatoms. The van der Waals surface area contributed by atoms with Crippen LogP contribution in [0.1, 0.15) is 30.4 Å². The molecule has 5 nitrogen and oxygen atoms in total. The summed E-state index contributed by atoms with van der Waals surface area (Å²) in [6, 6.07) is 7.51. The van der Waals surface area contributed by atoms with Crippen molar-refractivity contribution < 1.29 is 13.0 Å². The van der Waals surface area contributed by atoms with Gasteiger partial charge in [-0.1, -0.05) is 19.1 Å². The Balaban J connectivity index is 0.000000324. The standard InChI is InChI=1S/C17H22N2S.CH4O3S/c1-11-6-14-13-4-3-5-15-17(13)12(9-19(15)10-20)7-16(14)18(2)8-11;1-5(2,3)4/h3-5,9,11,14,16,20H,6-8,10H2,1-2H3;1H3,(H,2,3,4)/t11-,14-,16-;/m1./s1. The number of fused-ring (bicyclic) bond motifs is 2. The molecule has 0 bridgehead atoms. The number of likely N-dealkylation sites (N-methyl/N-ethyl adjacent to an activating group) is 1. The minimum atomic E-state index is -3.67. The van der Waals surface area contributed by atoms with E-state index in [0.29, 0.717) is 18.2 Å². The molecule has 0 spiro atoms. The highest BCUT2D eigenvalue weighted by molar-refractivity contribution is 7.85. The average molecular weight is 383 g/mol. The maximum absolute atomic E-state index is 9.19. The van der Waals surface area contributed by atoms with Crippen molar-refractivity contribution in [2.45, 2.75) is 37.6 Å². The molecule has 25 heavy (non-hydrogen) atoms. The van der Waals surface area contributed by atoms with E-state index in [0.717, 1.165) is 11.8 Å². The molecule has 1 fully saturated rings. The van der Waals surface area contributed by atoms with Gasteiger partial charge in [0.1, 0.15) is 0 Å². The average Bonchev–Trinajstić information content (AvgIpc) is 2.86. The summed E-state index contributed by atoms with van der Waals surface area (Å²) >= 11 is 4.48. The molecule has 0 saturated carbocycles. The molecule has 1 aliphatic heterocycles. The van der Waals surface area contributed by atoms with Gasteiger partial charge in [0.05, 0.1) is 12.1 Å². The van der Waals surface area contributed by atoms with E-state index in [2.05, 4.69) is 60.5 Å². The highest BCUT2D eigenvalue weighted by Crippen LogP contribution is 2.44. The number of piperidine rings is 1. The number of rotatable bonds is 1. The Morgan fingerprint density at radius 2 is 2.04 bits per heavy atom. The van der Waals surface area contributed by atoms with Gasteiger partial charge in [0, 0.05) is 35.6 Å². The fourth-order valence-corrected chi connectivity index (χ4v) is 4.74. The van der Waals surface area contributed by atoms with Crippen molar-refractivity contribution in [1.29, 1.82) is 0 Å². The quantitative estimate of drug-likeness (QED) is 0.588. The maximum Gasteiger partial charge on any atom is 0.261 e. The fourth-order valence-electron chi connectivity index (χ4n) is 4.51. The maximum atomic E-state index is 9.19. The largest absolute Gasteiger partial charge is 0.338 e. The van der Waals surface area contributed by atoms with Gasteiger partial charge in [0.15, 0.2) is 0 Å². The molecule has 1 aromatic carbocycles. The number of nitrogens with zero attached hydrogens (tertiary/aromatic N) is 2. The molecule has 0 amide bonds. The van der Waals surface area contributed by atoms with Crippen LogP contribution in [0, 0.1) is 5.92 Å². The second-order valence-electron chi connectivity index (χ2n) is 7.40. The van der Waals surface area contributed by atoms with E-state index in [1.165, 1.54) is 35.9 Å². The predicted octanol–water partition coefficient (Wildman–Crippen LogP) is 3.01. The Kier molecular flexibility index (Phi) is 5.21. The Bertz CT molecular complexity index is 868. The summed E-state index contributed by atoms with van der Waals surface area (Å²) in [5, 5.41) is 1.52. The molecular formula is C18H26N2O3S2. The van der Waals surface area contributed by atoms with Crippen LogP contribution < -0.4 is 0 Å². The smallest absolute Gasteiger partial charge is 0.261 e.